The Bertz CT molecular complexity index is 453. The minimum absolute atomic E-state index is 0.0446. The molecule has 1 aromatic heterocycles. The third kappa shape index (κ3) is 4.32. The minimum atomic E-state index is -1.08. The number of halogens is 1. The summed E-state index contributed by atoms with van der Waals surface area (Å²) in [4.78, 5) is 14.9. The lowest BCUT2D eigenvalue weighted by Crippen LogP contribution is -2.24. The number of anilines is 1. The second kappa shape index (κ2) is 5.97. The quantitative estimate of drug-likeness (QED) is 0.799. The number of aromatic carboxylic acids is 1. The molecule has 1 aromatic rings. The van der Waals surface area contributed by atoms with E-state index in [1.54, 1.807) is 13.2 Å². The number of pyridine rings is 1. The van der Waals surface area contributed by atoms with Crippen molar-refractivity contribution in [3.8, 4) is 0 Å². The molecule has 2 atom stereocenters. The van der Waals surface area contributed by atoms with Crippen LogP contribution in [0.2, 0.25) is 5.15 Å². The first kappa shape index (κ1) is 13.9. The van der Waals surface area contributed by atoms with Gasteiger partial charge in [0.25, 0.3) is 0 Å². The van der Waals surface area contributed by atoms with Crippen molar-refractivity contribution in [2.75, 3.05) is 17.3 Å². The van der Waals surface area contributed by atoms with Crippen LogP contribution in [0, 0.1) is 0 Å². The average Bonchev–Trinajstić information content (AvgIpc) is 2.15. The van der Waals surface area contributed by atoms with Crippen molar-refractivity contribution >= 4 is 34.2 Å². The van der Waals surface area contributed by atoms with Crippen LogP contribution in [0.5, 0.6) is 0 Å². The zero-order valence-electron chi connectivity index (χ0n) is 9.44. The largest absolute Gasteiger partial charge is 0.478 e. The fraction of sp³-hybridized carbons (Fsp3) is 0.400. The Hall–Kier alpha value is -1.14. The maximum absolute atomic E-state index is 11.0. The summed E-state index contributed by atoms with van der Waals surface area (Å²) in [5.41, 5.74) is 0.0446. The molecule has 94 valence electrons. The second-order valence-corrected chi connectivity index (χ2v) is 5.49. The van der Waals surface area contributed by atoms with Crippen LogP contribution in [0.15, 0.2) is 12.1 Å². The van der Waals surface area contributed by atoms with Gasteiger partial charge in [-0.2, -0.15) is 0 Å². The fourth-order valence-corrected chi connectivity index (χ4v) is 2.28. The highest BCUT2D eigenvalue weighted by Crippen LogP contribution is 2.17. The standard InChI is InChI=1S/C10H13ClN2O3S/c1-6(5-17(2)16)12-9-7(10(14)15)3-4-8(11)13-9/h3-4,6H,5H2,1-2H3,(H,12,13)(H,14,15). The molecule has 1 heterocycles. The molecule has 2 unspecified atom stereocenters. The number of carboxylic acids is 1. The van der Waals surface area contributed by atoms with E-state index < -0.39 is 16.8 Å². The van der Waals surface area contributed by atoms with Gasteiger partial charge in [0.2, 0.25) is 0 Å². The number of hydrogen-bond donors (Lipinski definition) is 2. The number of carboxylic acid groups (broad SMARTS) is 1. The van der Waals surface area contributed by atoms with Crippen LogP contribution >= 0.6 is 11.6 Å². The summed E-state index contributed by atoms with van der Waals surface area (Å²) in [6.07, 6.45) is 1.59. The van der Waals surface area contributed by atoms with Crippen molar-refractivity contribution < 1.29 is 14.1 Å². The number of nitrogens with one attached hydrogen (secondary N) is 1. The van der Waals surface area contributed by atoms with Crippen molar-refractivity contribution in [1.29, 1.82) is 0 Å². The first-order valence-corrected chi connectivity index (χ1v) is 6.97. The van der Waals surface area contributed by atoms with Gasteiger partial charge >= 0.3 is 5.97 Å². The number of rotatable bonds is 5. The molecule has 0 spiro atoms. The summed E-state index contributed by atoms with van der Waals surface area (Å²) in [7, 11) is -0.963. The van der Waals surface area contributed by atoms with Gasteiger partial charge in [-0.25, -0.2) is 9.78 Å². The Morgan fingerprint density at radius 2 is 2.29 bits per heavy atom. The molecule has 1 rings (SSSR count). The zero-order chi connectivity index (χ0) is 13.0. The first-order chi connectivity index (χ1) is 7.90. The molecule has 2 N–H and O–H groups in total. The predicted molar refractivity (Wildman–Crippen MR) is 68.2 cm³/mol. The van der Waals surface area contributed by atoms with Crippen LogP contribution in [-0.2, 0) is 10.8 Å². The first-order valence-electron chi connectivity index (χ1n) is 4.86. The third-order valence-electron chi connectivity index (χ3n) is 1.96. The van der Waals surface area contributed by atoms with Crippen molar-refractivity contribution in [1.82, 2.24) is 4.98 Å². The van der Waals surface area contributed by atoms with Crippen LogP contribution < -0.4 is 5.32 Å². The van der Waals surface area contributed by atoms with Gasteiger partial charge in [0, 0.05) is 28.9 Å². The number of nitrogens with zero attached hydrogens (tertiary/aromatic N) is 1. The van der Waals surface area contributed by atoms with Gasteiger partial charge in [0.15, 0.2) is 0 Å². The highest BCUT2D eigenvalue weighted by molar-refractivity contribution is 7.84. The lowest BCUT2D eigenvalue weighted by Gasteiger charge is -2.14. The summed E-state index contributed by atoms with van der Waals surface area (Å²) in [5.74, 6) is -0.475. The van der Waals surface area contributed by atoms with Crippen molar-refractivity contribution in [3.63, 3.8) is 0 Å². The highest BCUT2D eigenvalue weighted by Gasteiger charge is 2.14. The molecule has 7 heteroatoms. The van der Waals surface area contributed by atoms with E-state index in [0.717, 1.165) is 0 Å². The van der Waals surface area contributed by atoms with Gasteiger partial charge in [-0.15, -0.1) is 0 Å². The maximum Gasteiger partial charge on any atom is 0.339 e. The van der Waals surface area contributed by atoms with E-state index in [-0.39, 0.29) is 22.6 Å². The normalized spacial score (nSPS) is 14.1. The van der Waals surface area contributed by atoms with Crippen molar-refractivity contribution in [3.05, 3.63) is 22.8 Å². The number of aromatic nitrogens is 1. The van der Waals surface area contributed by atoms with E-state index in [1.165, 1.54) is 12.1 Å². The van der Waals surface area contributed by atoms with E-state index in [0.29, 0.717) is 5.75 Å². The van der Waals surface area contributed by atoms with E-state index in [9.17, 15) is 9.00 Å². The molecule has 0 fully saturated rings. The molecule has 17 heavy (non-hydrogen) atoms. The summed E-state index contributed by atoms with van der Waals surface area (Å²) in [5, 5.41) is 12.1. The minimum Gasteiger partial charge on any atom is -0.478 e. The molecule has 0 aliphatic carbocycles. The van der Waals surface area contributed by atoms with Crippen molar-refractivity contribution in [2.24, 2.45) is 0 Å². The van der Waals surface area contributed by atoms with Crippen LogP contribution in [0.1, 0.15) is 17.3 Å². The summed E-state index contributed by atoms with van der Waals surface area (Å²) in [6, 6.07) is 2.65. The lowest BCUT2D eigenvalue weighted by molar-refractivity contribution is 0.0697. The van der Waals surface area contributed by atoms with Gasteiger partial charge in [-0.1, -0.05) is 11.6 Å². The zero-order valence-corrected chi connectivity index (χ0v) is 11.0. The molecule has 0 aliphatic heterocycles. The highest BCUT2D eigenvalue weighted by atomic mass is 35.5. The van der Waals surface area contributed by atoms with E-state index in [2.05, 4.69) is 10.3 Å². The Labute approximate surface area is 107 Å². The molecule has 0 saturated heterocycles. The maximum atomic E-state index is 11.0. The van der Waals surface area contributed by atoms with Gasteiger partial charge in [0.05, 0.1) is 0 Å². The molecular formula is C10H13ClN2O3S. The summed E-state index contributed by atoms with van der Waals surface area (Å²) in [6.45, 7) is 1.80. The topological polar surface area (TPSA) is 79.3 Å². The third-order valence-corrected chi connectivity index (χ3v) is 3.14. The Morgan fingerprint density at radius 3 is 2.82 bits per heavy atom. The van der Waals surface area contributed by atoms with Gasteiger partial charge in [-0.3, -0.25) is 4.21 Å². The molecule has 5 nitrogen and oxygen atoms in total. The lowest BCUT2D eigenvalue weighted by atomic mass is 10.2. The average molecular weight is 277 g/mol. The molecular weight excluding hydrogens is 264 g/mol. The molecule has 0 bridgehead atoms. The van der Waals surface area contributed by atoms with Gasteiger partial charge in [-0.05, 0) is 19.1 Å². The SMILES string of the molecule is CC(CS(C)=O)Nc1nc(Cl)ccc1C(=O)O. The van der Waals surface area contributed by atoms with E-state index >= 15 is 0 Å². The van der Waals surface area contributed by atoms with Gasteiger partial charge < -0.3 is 10.4 Å². The van der Waals surface area contributed by atoms with Crippen LogP contribution in [0.3, 0.4) is 0 Å². The Morgan fingerprint density at radius 1 is 1.65 bits per heavy atom. The monoisotopic (exact) mass is 276 g/mol. The second-order valence-electron chi connectivity index (χ2n) is 3.62. The van der Waals surface area contributed by atoms with Crippen LogP contribution in [0.25, 0.3) is 0 Å². The van der Waals surface area contributed by atoms with Crippen molar-refractivity contribution in [2.45, 2.75) is 13.0 Å². The Balaban J connectivity index is 2.92. The smallest absolute Gasteiger partial charge is 0.339 e. The molecule has 0 aliphatic rings. The Kier molecular flexibility index (Phi) is 4.89. The fourth-order valence-electron chi connectivity index (χ4n) is 1.35. The predicted octanol–water partition coefficient (Wildman–Crippen LogP) is 1.61. The summed E-state index contributed by atoms with van der Waals surface area (Å²) < 4.78 is 11.0. The number of carbonyl (C=O) groups is 1. The molecule has 0 aromatic carbocycles. The molecule has 0 radical (unpaired) electrons. The molecule has 0 amide bonds. The van der Waals surface area contributed by atoms with Crippen LogP contribution in [0.4, 0.5) is 5.82 Å². The van der Waals surface area contributed by atoms with E-state index in [4.69, 9.17) is 16.7 Å². The van der Waals surface area contributed by atoms with E-state index in [1.807, 2.05) is 0 Å². The van der Waals surface area contributed by atoms with Crippen LogP contribution in [-0.4, -0.2) is 38.3 Å². The molecule has 0 saturated carbocycles. The number of hydrogen-bond acceptors (Lipinski definition) is 4. The van der Waals surface area contributed by atoms with Gasteiger partial charge in [0.1, 0.15) is 16.5 Å². The summed E-state index contributed by atoms with van der Waals surface area (Å²) >= 11 is 5.71.